The van der Waals surface area contributed by atoms with E-state index in [9.17, 15) is 13.2 Å². The summed E-state index contributed by atoms with van der Waals surface area (Å²) in [5, 5.41) is 0. The van der Waals surface area contributed by atoms with Crippen molar-refractivity contribution in [3.05, 3.63) is 21.9 Å². The Labute approximate surface area is 115 Å². The summed E-state index contributed by atoms with van der Waals surface area (Å²) in [7, 11) is 0. The SMILES string of the molecule is CC1(C)CN(Cc2ccc(C(F)(F)F)s2)CCC1N. The van der Waals surface area contributed by atoms with Gasteiger partial charge in [-0.25, -0.2) is 0 Å². The number of thiophene rings is 1. The maximum atomic E-state index is 12.5. The minimum absolute atomic E-state index is 0.0162. The minimum atomic E-state index is -4.23. The van der Waals surface area contributed by atoms with Gasteiger partial charge in [-0.05, 0) is 24.0 Å². The number of nitrogens with zero attached hydrogens (tertiary/aromatic N) is 1. The molecule has 1 aliphatic rings. The van der Waals surface area contributed by atoms with Crippen LogP contribution < -0.4 is 5.73 Å². The van der Waals surface area contributed by atoms with Gasteiger partial charge in [-0.15, -0.1) is 11.3 Å². The van der Waals surface area contributed by atoms with Gasteiger partial charge in [0.1, 0.15) is 4.88 Å². The molecule has 2 heterocycles. The van der Waals surface area contributed by atoms with E-state index in [0.29, 0.717) is 6.54 Å². The molecule has 108 valence electrons. The van der Waals surface area contributed by atoms with Crippen molar-refractivity contribution in [3.63, 3.8) is 0 Å². The number of piperidine rings is 1. The molecule has 0 aromatic carbocycles. The predicted octanol–water partition coefficient (Wildman–Crippen LogP) is 3.33. The number of likely N-dealkylation sites (tertiary alicyclic amines) is 1. The van der Waals surface area contributed by atoms with E-state index < -0.39 is 11.1 Å². The lowest BCUT2D eigenvalue weighted by Crippen LogP contribution is -2.51. The average molecular weight is 292 g/mol. The number of nitrogens with two attached hydrogens (primary N) is 1. The van der Waals surface area contributed by atoms with Gasteiger partial charge in [-0.2, -0.15) is 13.2 Å². The van der Waals surface area contributed by atoms with E-state index in [1.165, 1.54) is 6.07 Å². The summed E-state index contributed by atoms with van der Waals surface area (Å²) >= 11 is 0.836. The smallest absolute Gasteiger partial charge is 0.327 e. The van der Waals surface area contributed by atoms with Crippen LogP contribution in [0, 0.1) is 5.41 Å². The molecule has 1 atom stereocenters. The van der Waals surface area contributed by atoms with Crippen LogP contribution in [0.4, 0.5) is 13.2 Å². The lowest BCUT2D eigenvalue weighted by molar-refractivity contribution is -0.134. The van der Waals surface area contributed by atoms with Crippen molar-refractivity contribution < 1.29 is 13.2 Å². The van der Waals surface area contributed by atoms with Crippen molar-refractivity contribution in [2.75, 3.05) is 13.1 Å². The molecule has 0 amide bonds. The highest BCUT2D eigenvalue weighted by Crippen LogP contribution is 2.36. The zero-order valence-corrected chi connectivity index (χ0v) is 11.9. The summed E-state index contributed by atoms with van der Waals surface area (Å²) in [4.78, 5) is 2.43. The monoisotopic (exact) mass is 292 g/mol. The molecule has 1 aliphatic heterocycles. The number of hydrogen-bond donors (Lipinski definition) is 1. The number of rotatable bonds is 2. The van der Waals surface area contributed by atoms with Crippen molar-refractivity contribution in [2.24, 2.45) is 11.1 Å². The Morgan fingerprint density at radius 3 is 2.63 bits per heavy atom. The average Bonchev–Trinajstić information content (AvgIpc) is 2.71. The fourth-order valence-electron chi connectivity index (χ4n) is 2.46. The molecule has 1 unspecified atom stereocenters. The van der Waals surface area contributed by atoms with Gasteiger partial charge < -0.3 is 5.73 Å². The lowest BCUT2D eigenvalue weighted by atomic mass is 9.80. The second kappa shape index (κ2) is 5.07. The summed E-state index contributed by atoms with van der Waals surface area (Å²) in [6.45, 7) is 6.48. The first kappa shape index (κ1) is 14.8. The summed E-state index contributed by atoms with van der Waals surface area (Å²) in [5.74, 6) is 0. The zero-order chi connectivity index (χ0) is 14.3. The molecule has 1 aromatic rings. The van der Waals surface area contributed by atoms with E-state index in [1.54, 1.807) is 6.07 Å². The van der Waals surface area contributed by atoms with Gasteiger partial charge in [0.25, 0.3) is 0 Å². The van der Waals surface area contributed by atoms with Crippen LogP contribution in [0.25, 0.3) is 0 Å². The Balaban J connectivity index is 2.00. The summed E-state index contributed by atoms with van der Waals surface area (Å²) in [6.07, 6.45) is -3.34. The van der Waals surface area contributed by atoms with Crippen molar-refractivity contribution in [1.82, 2.24) is 4.90 Å². The molecule has 0 aliphatic carbocycles. The Bertz CT molecular complexity index is 439. The van der Waals surface area contributed by atoms with E-state index in [1.807, 2.05) is 0 Å². The van der Waals surface area contributed by atoms with Crippen LogP contribution in [-0.4, -0.2) is 24.0 Å². The Hall–Kier alpha value is -0.590. The van der Waals surface area contributed by atoms with Crippen molar-refractivity contribution in [2.45, 2.75) is 39.0 Å². The van der Waals surface area contributed by atoms with Crippen molar-refractivity contribution in [1.29, 1.82) is 0 Å². The van der Waals surface area contributed by atoms with Crippen LogP contribution in [-0.2, 0) is 12.7 Å². The van der Waals surface area contributed by atoms with Crippen molar-refractivity contribution in [3.8, 4) is 0 Å². The molecule has 1 fully saturated rings. The first-order chi connectivity index (χ1) is 8.68. The fourth-order valence-corrected chi connectivity index (χ4v) is 3.37. The first-order valence-corrected chi connectivity index (χ1v) is 7.14. The second-order valence-electron chi connectivity index (χ2n) is 5.86. The molecule has 0 spiro atoms. The van der Waals surface area contributed by atoms with E-state index in [-0.39, 0.29) is 11.5 Å². The summed E-state index contributed by atoms with van der Waals surface area (Å²) < 4.78 is 37.6. The van der Waals surface area contributed by atoms with Crippen LogP contribution in [0.15, 0.2) is 12.1 Å². The van der Waals surface area contributed by atoms with Crippen LogP contribution in [0.5, 0.6) is 0 Å². The maximum absolute atomic E-state index is 12.5. The van der Waals surface area contributed by atoms with Crippen molar-refractivity contribution >= 4 is 11.3 Å². The molecule has 2 N–H and O–H groups in total. The number of alkyl halides is 3. The van der Waals surface area contributed by atoms with Gasteiger partial charge in [0.2, 0.25) is 0 Å². The number of halogens is 3. The second-order valence-corrected chi connectivity index (χ2v) is 7.03. The van der Waals surface area contributed by atoms with E-state index >= 15 is 0 Å². The first-order valence-electron chi connectivity index (χ1n) is 6.32. The standard InChI is InChI=1S/C13H19F3N2S/c1-12(2)8-18(6-5-10(12)17)7-9-3-4-11(19-9)13(14,15)16/h3-4,10H,5-8,17H2,1-2H3. The molecule has 1 saturated heterocycles. The quantitative estimate of drug-likeness (QED) is 0.906. The van der Waals surface area contributed by atoms with Crippen LogP contribution in [0.1, 0.15) is 30.0 Å². The molecule has 2 nitrogen and oxygen atoms in total. The minimum Gasteiger partial charge on any atom is -0.327 e. The van der Waals surface area contributed by atoms with Gasteiger partial charge in [-0.3, -0.25) is 4.90 Å². The Morgan fingerprint density at radius 2 is 2.11 bits per heavy atom. The van der Waals surface area contributed by atoms with Crippen LogP contribution in [0.2, 0.25) is 0 Å². The normalized spacial score (nSPS) is 24.6. The molecule has 6 heteroatoms. The lowest BCUT2D eigenvalue weighted by Gasteiger charge is -2.42. The molecular formula is C13H19F3N2S. The maximum Gasteiger partial charge on any atom is 0.425 e. The third kappa shape index (κ3) is 3.49. The highest BCUT2D eigenvalue weighted by Gasteiger charge is 2.35. The molecule has 19 heavy (non-hydrogen) atoms. The Morgan fingerprint density at radius 1 is 1.42 bits per heavy atom. The van der Waals surface area contributed by atoms with Gasteiger partial charge in [0.15, 0.2) is 0 Å². The molecule has 1 aromatic heterocycles. The van der Waals surface area contributed by atoms with Crippen LogP contribution in [0.3, 0.4) is 0 Å². The largest absolute Gasteiger partial charge is 0.425 e. The summed E-state index contributed by atoms with van der Waals surface area (Å²) in [6, 6.07) is 2.91. The topological polar surface area (TPSA) is 29.3 Å². The van der Waals surface area contributed by atoms with E-state index in [2.05, 4.69) is 18.7 Å². The van der Waals surface area contributed by atoms with E-state index in [4.69, 9.17) is 5.73 Å². The predicted molar refractivity (Wildman–Crippen MR) is 71.0 cm³/mol. The molecule has 0 saturated carbocycles. The van der Waals surface area contributed by atoms with Gasteiger partial charge in [0, 0.05) is 30.6 Å². The van der Waals surface area contributed by atoms with Gasteiger partial charge in [-0.1, -0.05) is 13.8 Å². The van der Waals surface area contributed by atoms with Crippen LogP contribution >= 0.6 is 11.3 Å². The van der Waals surface area contributed by atoms with Gasteiger partial charge >= 0.3 is 6.18 Å². The highest BCUT2D eigenvalue weighted by atomic mass is 32.1. The molecule has 0 radical (unpaired) electrons. The molecular weight excluding hydrogens is 273 g/mol. The Kier molecular flexibility index (Phi) is 3.95. The molecule has 0 bridgehead atoms. The van der Waals surface area contributed by atoms with E-state index in [0.717, 1.165) is 35.7 Å². The number of hydrogen-bond acceptors (Lipinski definition) is 3. The van der Waals surface area contributed by atoms with Gasteiger partial charge in [0.05, 0.1) is 0 Å². The fraction of sp³-hybridized carbons (Fsp3) is 0.692. The molecule has 2 rings (SSSR count). The third-order valence-electron chi connectivity index (χ3n) is 3.71. The summed E-state index contributed by atoms with van der Waals surface area (Å²) in [5.41, 5.74) is 6.07. The zero-order valence-electron chi connectivity index (χ0n) is 11.1. The highest BCUT2D eigenvalue weighted by molar-refractivity contribution is 7.12. The third-order valence-corrected chi connectivity index (χ3v) is 4.83.